The average molecular weight is 319 g/mol. The number of carboxylic acids is 1. The van der Waals surface area contributed by atoms with Gasteiger partial charge in [-0.15, -0.1) is 0 Å². The third-order valence-electron chi connectivity index (χ3n) is 2.83. The molecule has 1 amide bonds. The molecule has 1 unspecified atom stereocenters. The number of aromatic carboxylic acids is 1. The number of amides is 1. The van der Waals surface area contributed by atoms with Gasteiger partial charge >= 0.3 is 5.97 Å². The maximum atomic E-state index is 12.0. The predicted octanol–water partition coefficient (Wildman–Crippen LogP) is 3.01. The van der Waals surface area contributed by atoms with Gasteiger partial charge in [0.2, 0.25) is 5.91 Å². The summed E-state index contributed by atoms with van der Waals surface area (Å²) in [4.78, 5) is 22.8. The summed E-state index contributed by atoms with van der Waals surface area (Å²) in [5.74, 6) is -1.60. The van der Waals surface area contributed by atoms with Crippen LogP contribution in [0.2, 0.25) is 10.0 Å². The number of carboxylic acid groups (broad SMARTS) is 1. The highest BCUT2D eigenvalue weighted by atomic mass is 35.5. The van der Waals surface area contributed by atoms with Crippen molar-refractivity contribution in [3.8, 4) is 0 Å². The van der Waals surface area contributed by atoms with Crippen molar-refractivity contribution >= 4 is 40.8 Å². The van der Waals surface area contributed by atoms with E-state index in [0.29, 0.717) is 13.0 Å². The third-order valence-corrected chi connectivity index (χ3v) is 3.42. The second-order valence-electron chi connectivity index (χ2n) is 4.44. The topological polar surface area (TPSA) is 92.4 Å². The molecule has 20 heavy (non-hydrogen) atoms. The second kappa shape index (κ2) is 7.47. The van der Waals surface area contributed by atoms with Gasteiger partial charge in [0.05, 0.1) is 21.3 Å². The lowest BCUT2D eigenvalue weighted by Crippen LogP contribution is -2.21. The molecule has 4 N–H and O–H groups in total. The maximum Gasteiger partial charge on any atom is 0.335 e. The Bertz CT molecular complexity index is 497. The van der Waals surface area contributed by atoms with Gasteiger partial charge in [-0.05, 0) is 31.5 Å². The zero-order valence-electron chi connectivity index (χ0n) is 11.0. The quantitative estimate of drug-likeness (QED) is 0.751. The lowest BCUT2D eigenvalue weighted by Gasteiger charge is -2.14. The predicted molar refractivity (Wildman–Crippen MR) is 79.5 cm³/mol. The van der Waals surface area contributed by atoms with Crippen LogP contribution in [0.4, 0.5) is 5.69 Å². The first-order chi connectivity index (χ1) is 9.36. The first-order valence-electron chi connectivity index (χ1n) is 6.10. The molecule has 0 aliphatic rings. The normalized spacial score (nSPS) is 12.0. The summed E-state index contributed by atoms with van der Waals surface area (Å²) in [5, 5.41) is 11.7. The van der Waals surface area contributed by atoms with Crippen LogP contribution in [0.3, 0.4) is 0 Å². The molecule has 1 aromatic carbocycles. The van der Waals surface area contributed by atoms with E-state index in [1.165, 1.54) is 12.1 Å². The van der Waals surface area contributed by atoms with E-state index in [9.17, 15) is 9.59 Å². The van der Waals surface area contributed by atoms with E-state index in [0.717, 1.165) is 6.42 Å². The average Bonchev–Trinajstić information content (AvgIpc) is 2.39. The Kier molecular flexibility index (Phi) is 6.26. The van der Waals surface area contributed by atoms with Gasteiger partial charge in [0, 0.05) is 5.92 Å². The van der Waals surface area contributed by atoms with Crippen LogP contribution in [-0.2, 0) is 4.79 Å². The number of hydrogen-bond donors (Lipinski definition) is 3. The van der Waals surface area contributed by atoms with Crippen molar-refractivity contribution in [1.82, 2.24) is 0 Å². The van der Waals surface area contributed by atoms with Crippen molar-refractivity contribution in [2.75, 3.05) is 11.9 Å². The van der Waals surface area contributed by atoms with Gasteiger partial charge in [-0.1, -0.05) is 30.1 Å². The van der Waals surface area contributed by atoms with Crippen LogP contribution >= 0.6 is 23.2 Å². The highest BCUT2D eigenvalue weighted by Crippen LogP contribution is 2.32. The molecule has 0 aliphatic carbocycles. The Balaban J connectivity index is 2.87. The zero-order chi connectivity index (χ0) is 15.3. The van der Waals surface area contributed by atoms with Gasteiger partial charge < -0.3 is 16.2 Å². The van der Waals surface area contributed by atoms with Gasteiger partial charge in [-0.2, -0.15) is 0 Å². The molecule has 0 heterocycles. The largest absolute Gasteiger partial charge is 0.478 e. The summed E-state index contributed by atoms with van der Waals surface area (Å²) >= 11 is 11.9. The van der Waals surface area contributed by atoms with E-state index >= 15 is 0 Å². The summed E-state index contributed by atoms with van der Waals surface area (Å²) in [7, 11) is 0. The van der Waals surface area contributed by atoms with Crippen LogP contribution in [-0.4, -0.2) is 23.5 Å². The summed E-state index contributed by atoms with van der Waals surface area (Å²) in [6, 6.07) is 2.49. The number of benzene rings is 1. The first-order valence-corrected chi connectivity index (χ1v) is 6.85. The summed E-state index contributed by atoms with van der Waals surface area (Å²) < 4.78 is 0. The molecule has 0 aliphatic heterocycles. The van der Waals surface area contributed by atoms with Gasteiger partial charge in [0.15, 0.2) is 0 Å². The number of hydrogen-bond acceptors (Lipinski definition) is 3. The minimum Gasteiger partial charge on any atom is -0.478 e. The van der Waals surface area contributed by atoms with Crippen molar-refractivity contribution in [3.05, 3.63) is 27.7 Å². The fraction of sp³-hybridized carbons (Fsp3) is 0.385. The summed E-state index contributed by atoms with van der Waals surface area (Å²) in [5.41, 5.74) is 5.58. The monoisotopic (exact) mass is 318 g/mol. The van der Waals surface area contributed by atoms with E-state index in [1.807, 2.05) is 0 Å². The van der Waals surface area contributed by atoms with Gasteiger partial charge in [-0.25, -0.2) is 4.79 Å². The van der Waals surface area contributed by atoms with Crippen LogP contribution in [0.25, 0.3) is 0 Å². The molecule has 0 radical (unpaired) electrons. The molecule has 0 bridgehead atoms. The minimum atomic E-state index is -1.14. The van der Waals surface area contributed by atoms with Gasteiger partial charge in [0.1, 0.15) is 0 Å². The number of anilines is 1. The molecule has 5 nitrogen and oxygen atoms in total. The Morgan fingerprint density at radius 3 is 2.35 bits per heavy atom. The van der Waals surface area contributed by atoms with Crippen molar-refractivity contribution in [3.63, 3.8) is 0 Å². The number of rotatable bonds is 6. The molecule has 7 heteroatoms. The van der Waals surface area contributed by atoms with Gasteiger partial charge in [-0.3, -0.25) is 4.79 Å². The number of halogens is 2. The standard InChI is InChI=1S/C13H16Cl2N2O3/c1-7(3-2-4-16)12(18)17-11-9(14)5-8(13(19)20)6-10(11)15/h5-7H,2-4,16H2,1H3,(H,17,18)(H,19,20). The van der Waals surface area contributed by atoms with Crippen molar-refractivity contribution in [2.24, 2.45) is 11.7 Å². The van der Waals surface area contributed by atoms with E-state index in [-0.39, 0.29) is 33.1 Å². The van der Waals surface area contributed by atoms with E-state index < -0.39 is 5.97 Å². The Labute approximate surface area is 127 Å². The SMILES string of the molecule is CC(CCCN)C(=O)Nc1c(Cl)cc(C(=O)O)cc1Cl. The van der Waals surface area contributed by atoms with Crippen molar-refractivity contribution in [2.45, 2.75) is 19.8 Å². The van der Waals surface area contributed by atoms with Crippen LogP contribution in [0.1, 0.15) is 30.1 Å². The Morgan fingerprint density at radius 1 is 1.35 bits per heavy atom. The fourth-order valence-corrected chi connectivity index (χ4v) is 2.20. The molecule has 1 rings (SSSR count). The highest BCUT2D eigenvalue weighted by Gasteiger charge is 2.17. The van der Waals surface area contributed by atoms with Crippen molar-refractivity contribution in [1.29, 1.82) is 0 Å². The fourth-order valence-electron chi connectivity index (χ4n) is 1.62. The van der Waals surface area contributed by atoms with Crippen LogP contribution in [0, 0.1) is 5.92 Å². The molecule has 0 spiro atoms. The van der Waals surface area contributed by atoms with Gasteiger partial charge in [0.25, 0.3) is 0 Å². The minimum absolute atomic E-state index is 0.0332. The summed E-state index contributed by atoms with van der Waals surface area (Å²) in [6.45, 7) is 2.30. The molecule has 0 aromatic heterocycles. The molecule has 1 atom stereocenters. The lowest BCUT2D eigenvalue weighted by molar-refractivity contribution is -0.119. The Hall–Kier alpha value is -1.30. The number of carbonyl (C=O) groups is 2. The molecule has 110 valence electrons. The van der Waals surface area contributed by atoms with E-state index in [4.69, 9.17) is 34.0 Å². The van der Waals surface area contributed by atoms with Crippen LogP contribution in [0.15, 0.2) is 12.1 Å². The number of nitrogens with one attached hydrogen (secondary N) is 1. The van der Waals surface area contributed by atoms with Crippen LogP contribution in [0.5, 0.6) is 0 Å². The second-order valence-corrected chi connectivity index (χ2v) is 5.26. The first kappa shape index (κ1) is 16.8. The number of nitrogens with two attached hydrogens (primary N) is 1. The molecule has 0 saturated heterocycles. The smallest absolute Gasteiger partial charge is 0.335 e. The van der Waals surface area contributed by atoms with Crippen LogP contribution < -0.4 is 11.1 Å². The maximum absolute atomic E-state index is 12.0. The number of carbonyl (C=O) groups excluding carboxylic acids is 1. The molecular formula is C13H16Cl2N2O3. The molecular weight excluding hydrogens is 303 g/mol. The zero-order valence-corrected chi connectivity index (χ0v) is 12.5. The van der Waals surface area contributed by atoms with Crippen molar-refractivity contribution < 1.29 is 14.7 Å². The molecule has 0 fully saturated rings. The molecule has 0 saturated carbocycles. The van der Waals surface area contributed by atoms with E-state index in [1.54, 1.807) is 6.92 Å². The third kappa shape index (κ3) is 4.37. The highest BCUT2D eigenvalue weighted by molar-refractivity contribution is 6.40. The lowest BCUT2D eigenvalue weighted by atomic mass is 10.0. The van der Waals surface area contributed by atoms with E-state index in [2.05, 4.69) is 5.32 Å². The summed E-state index contributed by atoms with van der Waals surface area (Å²) in [6.07, 6.45) is 1.40. The molecule has 1 aromatic rings. The Morgan fingerprint density at radius 2 is 1.90 bits per heavy atom.